The minimum atomic E-state index is -1.82. The number of allylic oxidation sites excluding steroid dienone is 4. The van der Waals surface area contributed by atoms with Gasteiger partial charge in [-0.3, -0.25) is 0 Å². The van der Waals surface area contributed by atoms with Crippen LogP contribution in [0.25, 0.3) is 5.57 Å². The van der Waals surface area contributed by atoms with E-state index in [1.807, 2.05) is 5.57 Å². The zero-order chi connectivity index (χ0) is 44.0. The van der Waals surface area contributed by atoms with Gasteiger partial charge >= 0.3 is 0 Å². The van der Waals surface area contributed by atoms with Crippen molar-refractivity contribution in [2.45, 2.75) is 302 Å². The van der Waals surface area contributed by atoms with Gasteiger partial charge in [-0.25, -0.2) is 0 Å². The second-order valence-electron chi connectivity index (χ2n) is 24.0. The van der Waals surface area contributed by atoms with E-state index in [0.29, 0.717) is 5.92 Å². The van der Waals surface area contributed by atoms with E-state index in [-0.39, 0.29) is 11.0 Å². The van der Waals surface area contributed by atoms with Crippen LogP contribution >= 0.6 is 0 Å². The van der Waals surface area contributed by atoms with Crippen molar-refractivity contribution in [2.75, 3.05) is 0 Å². The molecule has 2 heteroatoms. The molecule has 0 aliphatic heterocycles. The maximum atomic E-state index is 3.21. The van der Waals surface area contributed by atoms with E-state index in [1.165, 1.54) is 225 Å². The number of hydrogen-bond donors (Lipinski definition) is 0. The van der Waals surface area contributed by atoms with Crippen molar-refractivity contribution in [3.8, 4) is 0 Å². The van der Waals surface area contributed by atoms with Crippen LogP contribution in [0.5, 0.6) is 0 Å². The molecule has 0 spiro atoms. The smallest absolute Gasteiger partial charge is 0.127 e. The molecule has 2 saturated carbocycles. The van der Waals surface area contributed by atoms with Gasteiger partial charge in [-0.15, -0.1) is 0 Å². The fraction of sp³-hybridized carbons (Fsp3) is 0.833. The molecule has 5 aliphatic rings. The number of rotatable bonds is 29. The fourth-order valence-electron chi connectivity index (χ4n) is 15.2. The zero-order valence-electron chi connectivity index (χ0n) is 42.9. The quantitative estimate of drug-likeness (QED) is 0.0573. The van der Waals surface area contributed by atoms with Gasteiger partial charge in [0, 0.05) is 17.0 Å². The van der Waals surface area contributed by atoms with Crippen LogP contribution in [0.3, 0.4) is 0 Å². The van der Waals surface area contributed by atoms with Gasteiger partial charge < -0.3 is 4.57 Å². The molecule has 0 aromatic heterocycles. The van der Waals surface area contributed by atoms with E-state index in [2.05, 4.69) is 83.5 Å². The molecular weight excluding hydrogens is 763 g/mol. The molecule has 2 fully saturated rings. The summed E-state index contributed by atoms with van der Waals surface area (Å²) in [4.78, 5) is 0. The first-order valence-electron chi connectivity index (χ1n) is 28.4. The standard InChI is InChI=1S/C60H103NSi/c1-9-11-13-15-17-19-21-23-25-27-29-34-41-60(42-35-30-28-26-24-22-20-18-16-14-12-10-2)56-45-50-38-36-37-49(50)44-54(56)55-47-53-51(46-57(55)60)43-48(3)58(53)62(7,8)61(59(4,5)6)52-39-32-31-33-40-52/h44-48,51-53,58H,9-43H2,1-8H3. The molecule has 4 unspecified atom stereocenters. The lowest BCUT2D eigenvalue weighted by Gasteiger charge is -2.56. The summed E-state index contributed by atoms with van der Waals surface area (Å²) in [6.07, 6.45) is 55.9. The molecule has 0 N–H and O–H groups in total. The first kappa shape index (κ1) is 50.3. The van der Waals surface area contributed by atoms with Crippen molar-refractivity contribution < 1.29 is 0 Å². The Hall–Kier alpha value is -1.12. The topological polar surface area (TPSA) is 3.24 Å². The van der Waals surface area contributed by atoms with E-state index < -0.39 is 8.24 Å². The Labute approximate surface area is 388 Å². The summed E-state index contributed by atoms with van der Waals surface area (Å²) in [7, 11) is -1.82. The van der Waals surface area contributed by atoms with Crippen LogP contribution in [0.2, 0.25) is 18.6 Å². The van der Waals surface area contributed by atoms with Crippen molar-refractivity contribution >= 4 is 13.8 Å². The van der Waals surface area contributed by atoms with Crippen molar-refractivity contribution in [2.24, 2.45) is 17.8 Å². The normalized spacial score (nSPS) is 23.4. The number of nitrogens with zero attached hydrogens (tertiary/aromatic N) is 1. The van der Waals surface area contributed by atoms with Crippen LogP contribution in [0.15, 0.2) is 29.9 Å². The molecule has 6 rings (SSSR count). The molecule has 0 radical (unpaired) electrons. The highest BCUT2D eigenvalue weighted by Gasteiger charge is 2.56. The van der Waals surface area contributed by atoms with Crippen molar-refractivity contribution in [1.29, 1.82) is 0 Å². The van der Waals surface area contributed by atoms with Crippen molar-refractivity contribution in [3.05, 3.63) is 52.1 Å². The highest BCUT2D eigenvalue weighted by molar-refractivity contribution is 6.76. The Morgan fingerprint density at radius 2 is 1.06 bits per heavy atom. The summed E-state index contributed by atoms with van der Waals surface area (Å²) >= 11 is 0. The fourth-order valence-corrected chi connectivity index (χ4v) is 21.2. The summed E-state index contributed by atoms with van der Waals surface area (Å²) in [5.41, 5.74) is 11.7. The molecule has 62 heavy (non-hydrogen) atoms. The third-order valence-electron chi connectivity index (χ3n) is 17.8. The van der Waals surface area contributed by atoms with Crippen LogP contribution in [0, 0.1) is 17.8 Å². The zero-order valence-corrected chi connectivity index (χ0v) is 43.9. The maximum absolute atomic E-state index is 3.21. The second-order valence-corrected chi connectivity index (χ2v) is 28.5. The lowest BCUT2D eigenvalue weighted by molar-refractivity contribution is 0.139. The highest BCUT2D eigenvalue weighted by Crippen LogP contribution is 2.63. The van der Waals surface area contributed by atoms with Crippen LogP contribution in [-0.2, 0) is 18.3 Å². The molecule has 0 heterocycles. The molecule has 0 saturated heterocycles. The summed E-state index contributed by atoms with van der Waals surface area (Å²) in [6, 6.07) is 6.40. The lowest BCUT2D eigenvalue weighted by Crippen LogP contribution is -2.65. The number of fused-ring (bicyclic) bond motifs is 5. The van der Waals surface area contributed by atoms with Crippen LogP contribution < -0.4 is 0 Å². The summed E-state index contributed by atoms with van der Waals surface area (Å²) in [5.74, 6) is 2.22. The Kier molecular flexibility index (Phi) is 19.9. The van der Waals surface area contributed by atoms with Gasteiger partial charge in [-0.1, -0.05) is 232 Å². The van der Waals surface area contributed by atoms with Gasteiger partial charge in [0.25, 0.3) is 0 Å². The molecule has 5 aliphatic carbocycles. The number of hydrogen-bond acceptors (Lipinski definition) is 1. The minimum absolute atomic E-state index is 0.231. The van der Waals surface area contributed by atoms with Gasteiger partial charge in [0.1, 0.15) is 8.24 Å². The van der Waals surface area contributed by atoms with E-state index >= 15 is 0 Å². The lowest BCUT2D eigenvalue weighted by atomic mass is 9.68. The highest BCUT2D eigenvalue weighted by atomic mass is 28.3. The van der Waals surface area contributed by atoms with E-state index in [9.17, 15) is 0 Å². The van der Waals surface area contributed by atoms with Crippen LogP contribution in [0.4, 0.5) is 0 Å². The minimum Gasteiger partial charge on any atom is -0.316 e. The third-order valence-corrected chi connectivity index (χ3v) is 22.6. The predicted molar refractivity (Wildman–Crippen MR) is 278 cm³/mol. The summed E-state index contributed by atoms with van der Waals surface area (Å²) in [5, 5.41) is 0. The third kappa shape index (κ3) is 12.6. The van der Waals surface area contributed by atoms with Gasteiger partial charge in [0.15, 0.2) is 0 Å². The monoisotopic (exact) mass is 866 g/mol. The SMILES string of the molecule is CCCCCCCCCCCCCCC1(CCCCCCCCCCCCCC)C2=CC3CC(C)C([Si](C)(C)N(C4CCCCC4)C(C)(C)C)C3C=C2c2cc3c(cc21)CCC3. The van der Waals surface area contributed by atoms with E-state index in [1.54, 1.807) is 27.8 Å². The molecule has 1 aromatic carbocycles. The average molecular weight is 867 g/mol. The Morgan fingerprint density at radius 1 is 0.597 bits per heavy atom. The molecule has 4 atom stereocenters. The van der Waals surface area contributed by atoms with E-state index in [4.69, 9.17) is 0 Å². The Balaban J connectivity index is 1.20. The average Bonchev–Trinajstić information content (AvgIpc) is 3.91. The number of unbranched alkanes of at least 4 members (excludes halogenated alkanes) is 22. The molecule has 1 nitrogen and oxygen atoms in total. The maximum Gasteiger partial charge on any atom is 0.127 e. The van der Waals surface area contributed by atoms with E-state index in [0.717, 1.165) is 23.4 Å². The van der Waals surface area contributed by atoms with Gasteiger partial charge in [-0.2, -0.15) is 0 Å². The summed E-state index contributed by atoms with van der Waals surface area (Å²) in [6.45, 7) is 20.7. The second kappa shape index (κ2) is 24.6. The van der Waals surface area contributed by atoms with Crippen molar-refractivity contribution in [1.82, 2.24) is 4.57 Å². The van der Waals surface area contributed by atoms with Crippen LogP contribution in [0.1, 0.15) is 276 Å². The largest absolute Gasteiger partial charge is 0.316 e. The molecule has 0 bridgehead atoms. The Morgan fingerprint density at radius 3 is 1.55 bits per heavy atom. The van der Waals surface area contributed by atoms with Gasteiger partial charge in [0.05, 0.1) is 0 Å². The van der Waals surface area contributed by atoms with Gasteiger partial charge in [0.2, 0.25) is 0 Å². The number of aryl methyl sites for hydroxylation is 2. The first-order chi connectivity index (χ1) is 30.0. The van der Waals surface area contributed by atoms with Crippen LogP contribution in [-0.4, -0.2) is 24.4 Å². The molecule has 0 amide bonds. The van der Waals surface area contributed by atoms with Crippen molar-refractivity contribution in [3.63, 3.8) is 0 Å². The molecule has 352 valence electrons. The molecule has 1 aromatic rings. The van der Waals surface area contributed by atoms with Gasteiger partial charge in [-0.05, 0) is 129 Å². The Bertz CT molecular complexity index is 1500. The predicted octanol–water partition coefficient (Wildman–Crippen LogP) is 19.2. The molecular formula is C60H103NSi. The first-order valence-corrected chi connectivity index (χ1v) is 31.5. The summed E-state index contributed by atoms with van der Waals surface area (Å²) < 4.78 is 3.21. The number of benzene rings is 1.